The predicted molar refractivity (Wildman–Crippen MR) is 77.0 cm³/mol. The Hall–Kier alpha value is -1.77. The minimum Gasteiger partial charge on any atom is -0.478 e. The number of rotatable bonds is 3. The first-order valence-corrected chi connectivity index (χ1v) is 7.47. The monoisotopic (exact) mass is 395 g/mol. The summed E-state index contributed by atoms with van der Waals surface area (Å²) < 4.78 is 43.9. The Morgan fingerprint density at radius 2 is 1.87 bits per heavy atom. The van der Waals surface area contributed by atoms with Crippen molar-refractivity contribution in [3.05, 3.63) is 28.7 Å². The van der Waals surface area contributed by atoms with Crippen LogP contribution in [0.2, 0.25) is 0 Å². The van der Waals surface area contributed by atoms with E-state index in [9.17, 15) is 27.9 Å². The largest absolute Gasteiger partial charge is 0.478 e. The first-order chi connectivity index (χ1) is 10.6. The quantitative estimate of drug-likeness (QED) is 0.854. The van der Waals surface area contributed by atoms with E-state index in [-0.39, 0.29) is 25.1 Å². The Labute approximate surface area is 138 Å². The van der Waals surface area contributed by atoms with Crippen LogP contribution in [0.4, 0.5) is 13.2 Å². The van der Waals surface area contributed by atoms with E-state index in [2.05, 4.69) is 15.9 Å². The molecule has 5 nitrogen and oxygen atoms in total. The molecule has 1 aliphatic rings. The number of ether oxygens (including phenoxy) is 1. The number of likely N-dealkylation sites (tertiary alicyclic amines) is 1. The summed E-state index contributed by atoms with van der Waals surface area (Å²) in [4.78, 5) is 23.5. The molecule has 1 unspecified atom stereocenters. The number of amides is 1. The van der Waals surface area contributed by atoms with Crippen molar-refractivity contribution in [2.45, 2.75) is 24.6 Å². The summed E-state index contributed by atoms with van der Waals surface area (Å²) in [5, 5.41) is 9.45. The normalized spacial score (nSPS) is 21.8. The second-order valence-corrected chi connectivity index (χ2v) is 6.10. The SMILES string of the molecule is O=C(N1CCCC(Oc2ccc(Br)cc2)(C(=O)O)C1)C(F)(F)F. The standard InChI is InChI=1S/C14H13BrF3NO4/c15-9-2-4-10(5-3-9)23-13(12(21)22)6-1-7-19(8-13)11(20)14(16,17)18/h2-5H,1,6-8H2,(H,21,22). The van der Waals surface area contributed by atoms with E-state index in [0.717, 1.165) is 4.47 Å². The molecule has 1 aromatic rings. The second-order valence-electron chi connectivity index (χ2n) is 5.18. The van der Waals surface area contributed by atoms with Crippen molar-refractivity contribution < 1.29 is 32.6 Å². The molecule has 9 heteroatoms. The van der Waals surface area contributed by atoms with Gasteiger partial charge in [0.15, 0.2) is 0 Å². The fraction of sp³-hybridized carbons (Fsp3) is 0.429. The first kappa shape index (κ1) is 17.6. The Balaban J connectivity index is 2.24. The average Bonchev–Trinajstić information content (AvgIpc) is 2.48. The number of halogens is 4. The number of benzene rings is 1. The highest BCUT2D eigenvalue weighted by atomic mass is 79.9. The molecule has 1 fully saturated rings. The Morgan fingerprint density at radius 1 is 1.26 bits per heavy atom. The fourth-order valence-corrected chi connectivity index (χ4v) is 2.67. The maximum absolute atomic E-state index is 12.6. The van der Waals surface area contributed by atoms with Crippen LogP contribution in [0.15, 0.2) is 28.7 Å². The Kier molecular flexibility index (Phi) is 4.88. The van der Waals surface area contributed by atoms with Crippen LogP contribution < -0.4 is 4.74 Å². The van der Waals surface area contributed by atoms with Crippen molar-refractivity contribution >= 4 is 27.8 Å². The van der Waals surface area contributed by atoms with Crippen LogP contribution >= 0.6 is 15.9 Å². The van der Waals surface area contributed by atoms with Gasteiger partial charge in [-0.3, -0.25) is 4.79 Å². The van der Waals surface area contributed by atoms with E-state index in [1.165, 1.54) is 12.1 Å². The number of hydrogen-bond donors (Lipinski definition) is 1. The summed E-state index contributed by atoms with van der Waals surface area (Å²) in [6, 6.07) is 6.23. The van der Waals surface area contributed by atoms with Gasteiger partial charge >= 0.3 is 18.1 Å². The highest BCUT2D eigenvalue weighted by Gasteiger charge is 2.51. The smallest absolute Gasteiger partial charge is 0.471 e. The van der Waals surface area contributed by atoms with Crippen LogP contribution in [-0.4, -0.2) is 46.7 Å². The van der Waals surface area contributed by atoms with Crippen molar-refractivity contribution in [1.82, 2.24) is 4.90 Å². The van der Waals surface area contributed by atoms with Gasteiger partial charge in [0.1, 0.15) is 5.75 Å². The molecule has 0 saturated carbocycles. The number of alkyl halides is 3. The molecule has 1 aliphatic heterocycles. The zero-order valence-electron chi connectivity index (χ0n) is 11.8. The summed E-state index contributed by atoms with van der Waals surface area (Å²) in [5.74, 6) is -3.25. The number of carboxylic acids is 1. The third kappa shape index (κ3) is 3.95. The lowest BCUT2D eigenvalue weighted by Gasteiger charge is -2.39. The van der Waals surface area contributed by atoms with Crippen LogP contribution in [0, 0.1) is 0 Å². The van der Waals surface area contributed by atoms with E-state index in [1.807, 2.05) is 0 Å². The number of nitrogens with zero attached hydrogens (tertiary/aromatic N) is 1. The van der Waals surface area contributed by atoms with Crippen molar-refractivity contribution in [1.29, 1.82) is 0 Å². The molecule has 0 spiro atoms. The summed E-state index contributed by atoms with van der Waals surface area (Å²) in [7, 11) is 0. The maximum Gasteiger partial charge on any atom is 0.471 e. The molecule has 0 aromatic heterocycles. The zero-order valence-corrected chi connectivity index (χ0v) is 13.4. The summed E-state index contributed by atoms with van der Waals surface area (Å²) >= 11 is 3.21. The van der Waals surface area contributed by atoms with Gasteiger partial charge in [-0.25, -0.2) is 4.79 Å². The van der Waals surface area contributed by atoms with Gasteiger partial charge in [0.25, 0.3) is 0 Å². The molecule has 126 valence electrons. The van der Waals surface area contributed by atoms with Crippen LogP contribution in [-0.2, 0) is 9.59 Å². The molecular formula is C14H13BrF3NO4. The highest BCUT2D eigenvalue weighted by molar-refractivity contribution is 9.10. The number of carbonyl (C=O) groups is 2. The molecule has 0 bridgehead atoms. The van der Waals surface area contributed by atoms with Crippen molar-refractivity contribution in [3.63, 3.8) is 0 Å². The second kappa shape index (κ2) is 6.38. The predicted octanol–water partition coefficient (Wildman–Crippen LogP) is 2.84. The highest BCUT2D eigenvalue weighted by Crippen LogP contribution is 2.31. The van der Waals surface area contributed by atoms with E-state index in [1.54, 1.807) is 12.1 Å². The average molecular weight is 396 g/mol. The van der Waals surface area contributed by atoms with E-state index in [0.29, 0.717) is 4.90 Å². The molecular weight excluding hydrogens is 383 g/mol. The van der Waals surface area contributed by atoms with Gasteiger partial charge in [-0.05, 0) is 30.7 Å². The van der Waals surface area contributed by atoms with Gasteiger partial charge in [0.05, 0.1) is 6.54 Å². The summed E-state index contributed by atoms with van der Waals surface area (Å²) in [5.41, 5.74) is -1.90. The number of piperidine rings is 1. The minimum atomic E-state index is -5.04. The number of carbonyl (C=O) groups excluding carboxylic acids is 1. The van der Waals surface area contributed by atoms with Gasteiger partial charge < -0.3 is 14.7 Å². The third-order valence-corrected chi connectivity index (χ3v) is 4.03. The number of aliphatic carboxylic acids is 1. The summed E-state index contributed by atoms with van der Waals surface area (Å²) in [6.45, 7) is -0.812. The molecule has 1 saturated heterocycles. The van der Waals surface area contributed by atoms with Crippen LogP contribution in [0.1, 0.15) is 12.8 Å². The van der Waals surface area contributed by atoms with E-state index >= 15 is 0 Å². The minimum absolute atomic E-state index is 0.0139. The van der Waals surface area contributed by atoms with Crippen LogP contribution in [0.3, 0.4) is 0 Å². The van der Waals surface area contributed by atoms with Crippen molar-refractivity contribution in [3.8, 4) is 5.75 Å². The number of hydrogen-bond acceptors (Lipinski definition) is 3. The van der Waals surface area contributed by atoms with Crippen molar-refractivity contribution in [2.75, 3.05) is 13.1 Å². The van der Waals surface area contributed by atoms with Gasteiger partial charge in [-0.15, -0.1) is 0 Å². The molecule has 1 amide bonds. The lowest BCUT2D eigenvalue weighted by molar-refractivity contribution is -0.192. The molecule has 2 rings (SSSR count). The van der Waals surface area contributed by atoms with Crippen molar-refractivity contribution in [2.24, 2.45) is 0 Å². The molecule has 0 aliphatic carbocycles. The van der Waals surface area contributed by atoms with Gasteiger partial charge in [0.2, 0.25) is 5.60 Å². The molecule has 0 radical (unpaired) electrons. The molecule has 1 N–H and O–H groups in total. The zero-order chi connectivity index (χ0) is 17.3. The van der Waals surface area contributed by atoms with Crippen LogP contribution in [0.5, 0.6) is 5.75 Å². The molecule has 1 atom stereocenters. The third-order valence-electron chi connectivity index (χ3n) is 3.50. The van der Waals surface area contributed by atoms with Gasteiger partial charge in [-0.1, -0.05) is 15.9 Å². The van der Waals surface area contributed by atoms with E-state index in [4.69, 9.17) is 4.74 Å². The lowest BCUT2D eigenvalue weighted by atomic mass is 9.92. The van der Waals surface area contributed by atoms with E-state index < -0.39 is 30.2 Å². The Bertz CT molecular complexity index is 605. The van der Waals surface area contributed by atoms with Crippen LogP contribution in [0.25, 0.3) is 0 Å². The lowest BCUT2D eigenvalue weighted by Crippen LogP contribution is -2.59. The van der Waals surface area contributed by atoms with Gasteiger partial charge in [-0.2, -0.15) is 13.2 Å². The summed E-state index contributed by atoms with van der Waals surface area (Å²) in [6.07, 6.45) is -4.93. The number of carboxylic acid groups (broad SMARTS) is 1. The molecule has 23 heavy (non-hydrogen) atoms. The first-order valence-electron chi connectivity index (χ1n) is 6.68. The fourth-order valence-electron chi connectivity index (χ4n) is 2.40. The molecule has 1 heterocycles. The topological polar surface area (TPSA) is 66.8 Å². The maximum atomic E-state index is 12.6. The Morgan fingerprint density at radius 3 is 2.39 bits per heavy atom. The molecule has 1 aromatic carbocycles. The van der Waals surface area contributed by atoms with Gasteiger partial charge in [0, 0.05) is 17.4 Å².